The first-order valence-electron chi connectivity index (χ1n) is 10.7. The van der Waals surface area contributed by atoms with Crippen LogP contribution < -0.4 is 4.90 Å². The number of aromatic nitrogens is 3. The number of pyridine rings is 2. The summed E-state index contributed by atoms with van der Waals surface area (Å²) in [6.45, 7) is 9.67. The molecule has 3 aromatic heterocycles. The van der Waals surface area contributed by atoms with Crippen LogP contribution in [0.4, 0.5) is 5.82 Å². The van der Waals surface area contributed by atoms with Gasteiger partial charge in [-0.2, -0.15) is 0 Å². The van der Waals surface area contributed by atoms with Crippen LogP contribution in [0.2, 0.25) is 0 Å². The zero-order valence-corrected chi connectivity index (χ0v) is 17.6. The first-order valence-corrected chi connectivity index (χ1v) is 10.7. The Morgan fingerprint density at radius 2 is 1.90 bits per heavy atom. The van der Waals surface area contributed by atoms with E-state index in [0.717, 1.165) is 50.5 Å². The normalized spacial score (nSPS) is 23.5. The van der Waals surface area contributed by atoms with Gasteiger partial charge in [0.25, 0.3) is 0 Å². The van der Waals surface area contributed by atoms with E-state index < -0.39 is 0 Å². The lowest BCUT2D eigenvalue weighted by molar-refractivity contribution is 0.0125. The third kappa shape index (κ3) is 3.40. The Hall–Kier alpha value is -2.44. The predicted octanol–water partition coefficient (Wildman–Crippen LogP) is 3.13. The number of fused-ring (bicyclic) bond motifs is 1. The molecule has 0 spiro atoms. The summed E-state index contributed by atoms with van der Waals surface area (Å²) in [6.07, 6.45) is 5.31. The van der Waals surface area contributed by atoms with Crippen molar-refractivity contribution in [2.75, 3.05) is 38.1 Å². The van der Waals surface area contributed by atoms with E-state index in [1.54, 1.807) is 0 Å². The highest BCUT2D eigenvalue weighted by atomic mass is 15.3. The molecule has 2 aliphatic rings. The molecule has 0 saturated carbocycles. The molecule has 2 aliphatic heterocycles. The van der Waals surface area contributed by atoms with Crippen LogP contribution in [0.15, 0.2) is 42.7 Å². The Morgan fingerprint density at radius 1 is 1.07 bits per heavy atom. The number of hydrogen-bond acceptors (Lipinski definition) is 5. The van der Waals surface area contributed by atoms with Gasteiger partial charge >= 0.3 is 0 Å². The topological polar surface area (TPSA) is 39.9 Å². The van der Waals surface area contributed by atoms with Gasteiger partial charge in [-0.1, -0.05) is 12.1 Å². The fraction of sp³-hybridized carbons (Fsp3) is 0.478. The first-order chi connectivity index (χ1) is 14.1. The van der Waals surface area contributed by atoms with Crippen LogP contribution in [0.3, 0.4) is 0 Å². The van der Waals surface area contributed by atoms with Crippen LogP contribution in [0.25, 0.3) is 5.65 Å². The van der Waals surface area contributed by atoms with Crippen LogP contribution in [-0.4, -0.2) is 63.4 Å². The smallest absolute Gasteiger partial charge is 0.138 e. The van der Waals surface area contributed by atoms with Crippen molar-refractivity contribution >= 4 is 11.5 Å². The zero-order valence-electron chi connectivity index (χ0n) is 17.6. The highest BCUT2D eigenvalue weighted by molar-refractivity contribution is 5.53. The minimum absolute atomic E-state index is 0.396. The minimum atomic E-state index is 0.396. The lowest BCUT2D eigenvalue weighted by Gasteiger charge is -2.47. The Balaban J connectivity index is 1.40. The van der Waals surface area contributed by atoms with Crippen molar-refractivity contribution in [2.45, 2.75) is 38.9 Å². The van der Waals surface area contributed by atoms with Crippen molar-refractivity contribution < 1.29 is 0 Å². The van der Waals surface area contributed by atoms with Gasteiger partial charge in [0.1, 0.15) is 11.5 Å². The van der Waals surface area contributed by atoms with Crippen LogP contribution in [-0.2, 0) is 6.54 Å². The molecular weight excluding hydrogens is 360 g/mol. The summed E-state index contributed by atoms with van der Waals surface area (Å²) in [6, 6.07) is 11.6. The number of aryl methyl sites for hydroxylation is 1. The molecular formula is C23H30N6. The van der Waals surface area contributed by atoms with E-state index in [9.17, 15) is 0 Å². The van der Waals surface area contributed by atoms with Crippen LogP contribution in [0.1, 0.15) is 36.3 Å². The van der Waals surface area contributed by atoms with E-state index in [2.05, 4.69) is 75.4 Å². The highest BCUT2D eigenvalue weighted by Crippen LogP contribution is 2.39. The number of likely N-dealkylation sites (tertiary alicyclic amines) is 1. The molecule has 6 nitrogen and oxygen atoms in total. The third-order valence-electron chi connectivity index (χ3n) is 6.59. The fourth-order valence-electron chi connectivity index (χ4n) is 4.75. The van der Waals surface area contributed by atoms with Crippen molar-refractivity contribution in [1.82, 2.24) is 24.2 Å². The van der Waals surface area contributed by atoms with Crippen LogP contribution in [0, 0.1) is 6.92 Å². The Labute approximate surface area is 172 Å². The average Bonchev–Trinajstić information content (AvgIpc) is 3.15. The molecule has 0 aromatic carbocycles. The van der Waals surface area contributed by atoms with Gasteiger partial charge in [-0.3, -0.25) is 14.3 Å². The number of rotatable bonds is 4. The molecule has 5 rings (SSSR count). The molecule has 0 N–H and O–H groups in total. The number of imidazole rings is 1. The molecule has 0 aliphatic carbocycles. The Morgan fingerprint density at radius 3 is 2.66 bits per heavy atom. The summed E-state index contributed by atoms with van der Waals surface area (Å²) < 4.78 is 2.27. The SMILES string of the molecule is Cc1cccnc1[C@H]1C[C@@H](C)N1Cc1cn2c(N3CCN(C)CC3)cccc2n1. The van der Waals surface area contributed by atoms with Crippen LogP contribution >= 0.6 is 0 Å². The standard InChI is InChI=1S/C23H30N6/c1-17-6-5-9-24-23(17)20-14-18(2)28(20)15-19-16-29-21(25-19)7-4-8-22(29)27-12-10-26(3)11-13-27/h4-9,16,18,20H,10-15H2,1-3H3/t18-,20-/m1/s1. The van der Waals surface area contributed by atoms with Crippen LogP contribution in [0.5, 0.6) is 0 Å². The average molecular weight is 391 g/mol. The summed E-state index contributed by atoms with van der Waals surface area (Å²) in [5.74, 6) is 1.25. The highest BCUT2D eigenvalue weighted by Gasteiger charge is 2.38. The molecule has 0 amide bonds. The molecule has 2 fully saturated rings. The van der Waals surface area contributed by atoms with Crippen molar-refractivity contribution in [1.29, 1.82) is 0 Å². The largest absolute Gasteiger partial charge is 0.355 e. The van der Waals surface area contributed by atoms with Gasteiger partial charge in [0.2, 0.25) is 0 Å². The summed E-state index contributed by atoms with van der Waals surface area (Å²) in [5.41, 5.74) is 4.67. The Kier molecular flexibility index (Phi) is 4.76. The van der Waals surface area contributed by atoms with Gasteiger partial charge < -0.3 is 9.80 Å². The quantitative estimate of drug-likeness (QED) is 0.685. The number of anilines is 1. The zero-order chi connectivity index (χ0) is 20.0. The fourth-order valence-corrected chi connectivity index (χ4v) is 4.75. The molecule has 3 aromatic rings. The molecule has 5 heterocycles. The van der Waals surface area contributed by atoms with Crippen molar-refractivity contribution in [3.8, 4) is 0 Å². The number of likely N-dealkylation sites (N-methyl/N-ethyl adjacent to an activating group) is 1. The third-order valence-corrected chi connectivity index (χ3v) is 6.59. The van der Waals surface area contributed by atoms with E-state index in [0.29, 0.717) is 12.1 Å². The van der Waals surface area contributed by atoms with Gasteiger partial charge in [0.15, 0.2) is 0 Å². The van der Waals surface area contributed by atoms with E-state index in [1.807, 2.05) is 12.3 Å². The molecule has 29 heavy (non-hydrogen) atoms. The summed E-state index contributed by atoms with van der Waals surface area (Å²) >= 11 is 0. The maximum atomic E-state index is 4.95. The van der Waals surface area contributed by atoms with E-state index in [4.69, 9.17) is 4.98 Å². The van der Waals surface area contributed by atoms with Crippen molar-refractivity contribution in [3.63, 3.8) is 0 Å². The van der Waals surface area contributed by atoms with E-state index in [-0.39, 0.29) is 0 Å². The molecule has 0 bridgehead atoms. The lowest BCUT2D eigenvalue weighted by atomic mass is 9.89. The minimum Gasteiger partial charge on any atom is -0.355 e. The van der Waals surface area contributed by atoms with Gasteiger partial charge in [0, 0.05) is 51.2 Å². The van der Waals surface area contributed by atoms with Gasteiger partial charge in [-0.05, 0) is 51.1 Å². The number of piperazine rings is 1. The molecule has 2 saturated heterocycles. The number of hydrogen-bond donors (Lipinski definition) is 0. The predicted molar refractivity (Wildman–Crippen MR) is 116 cm³/mol. The molecule has 6 heteroatoms. The molecule has 0 radical (unpaired) electrons. The van der Waals surface area contributed by atoms with Gasteiger partial charge in [-0.25, -0.2) is 4.98 Å². The summed E-state index contributed by atoms with van der Waals surface area (Å²) in [4.78, 5) is 17.0. The summed E-state index contributed by atoms with van der Waals surface area (Å²) in [7, 11) is 2.20. The molecule has 152 valence electrons. The molecule has 0 unspecified atom stereocenters. The lowest BCUT2D eigenvalue weighted by Crippen LogP contribution is -2.48. The second-order valence-corrected chi connectivity index (χ2v) is 8.61. The monoisotopic (exact) mass is 390 g/mol. The summed E-state index contributed by atoms with van der Waals surface area (Å²) in [5, 5.41) is 0. The second kappa shape index (κ2) is 7.43. The van der Waals surface area contributed by atoms with Crippen molar-refractivity contribution in [2.24, 2.45) is 0 Å². The Bertz CT molecular complexity index is 1000. The van der Waals surface area contributed by atoms with Gasteiger partial charge in [0.05, 0.1) is 17.4 Å². The molecule has 2 atom stereocenters. The van der Waals surface area contributed by atoms with E-state index in [1.165, 1.54) is 17.1 Å². The second-order valence-electron chi connectivity index (χ2n) is 8.61. The first kappa shape index (κ1) is 18.6. The maximum Gasteiger partial charge on any atom is 0.138 e. The van der Waals surface area contributed by atoms with Crippen molar-refractivity contribution in [3.05, 3.63) is 59.7 Å². The number of nitrogens with zero attached hydrogens (tertiary/aromatic N) is 6. The maximum absolute atomic E-state index is 4.95. The van der Waals surface area contributed by atoms with E-state index >= 15 is 0 Å². The van der Waals surface area contributed by atoms with Gasteiger partial charge in [-0.15, -0.1) is 0 Å².